The molecule has 6 heteroatoms. The number of carbonyl (C=O) groups is 2. The number of aromatic nitrogens is 1. The molecule has 0 aliphatic carbocycles. The van der Waals surface area contributed by atoms with Crippen LogP contribution in [0.3, 0.4) is 0 Å². The molecule has 0 fully saturated rings. The Labute approximate surface area is 126 Å². The van der Waals surface area contributed by atoms with E-state index in [0.717, 1.165) is 16.3 Å². The van der Waals surface area contributed by atoms with Gasteiger partial charge in [0.1, 0.15) is 17.2 Å². The van der Waals surface area contributed by atoms with Crippen LogP contribution in [0.15, 0.2) is 24.3 Å². The van der Waals surface area contributed by atoms with Gasteiger partial charge in [0.25, 0.3) is 0 Å². The molecule has 0 bridgehead atoms. The molecule has 0 spiro atoms. The Morgan fingerprint density at radius 3 is 2.43 bits per heavy atom. The van der Waals surface area contributed by atoms with E-state index in [9.17, 15) is 9.59 Å². The zero-order valence-electron chi connectivity index (χ0n) is 12.0. The van der Waals surface area contributed by atoms with Crippen molar-refractivity contribution in [2.24, 2.45) is 0 Å². The molecule has 0 aliphatic rings. The molecule has 0 unspecified atom stereocenters. The highest BCUT2D eigenvalue weighted by Crippen LogP contribution is 2.29. The molecule has 1 aromatic carbocycles. The van der Waals surface area contributed by atoms with Crippen LogP contribution < -0.4 is 4.74 Å². The second kappa shape index (κ2) is 6.49. The van der Waals surface area contributed by atoms with Gasteiger partial charge in [-0.25, -0.2) is 4.98 Å². The highest BCUT2D eigenvalue weighted by atomic mass is 32.1. The van der Waals surface area contributed by atoms with Gasteiger partial charge in [0, 0.05) is 5.56 Å². The van der Waals surface area contributed by atoms with Crippen molar-refractivity contribution in [2.45, 2.75) is 13.3 Å². The summed E-state index contributed by atoms with van der Waals surface area (Å²) in [6.07, 6.45) is -0.262. The second-order valence-corrected chi connectivity index (χ2v) is 5.34. The number of thiazole rings is 1. The van der Waals surface area contributed by atoms with Gasteiger partial charge in [-0.15, -0.1) is 11.3 Å². The monoisotopic (exact) mass is 305 g/mol. The number of hydrogen-bond donors (Lipinski definition) is 0. The van der Waals surface area contributed by atoms with E-state index in [1.165, 1.54) is 18.4 Å². The topological polar surface area (TPSA) is 65.5 Å². The Morgan fingerprint density at radius 1 is 1.19 bits per heavy atom. The van der Waals surface area contributed by atoms with Crippen molar-refractivity contribution in [3.8, 4) is 16.3 Å². The highest BCUT2D eigenvalue weighted by Gasteiger charge is 2.19. The number of aryl methyl sites for hydroxylation is 1. The highest BCUT2D eigenvalue weighted by molar-refractivity contribution is 7.17. The maximum Gasteiger partial charge on any atom is 0.313 e. The van der Waals surface area contributed by atoms with Crippen LogP contribution in [0.4, 0.5) is 0 Å². The molecule has 5 nitrogen and oxygen atoms in total. The van der Waals surface area contributed by atoms with Gasteiger partial charge >= 0.3 is 5.97 Å². The Balaban J connectivity index is 2.25. The molecular weight excluding hydrogens is 290 g/mol. The maximum atomic E-state index is 12.0. The first-order valence-corrected chi connectivity index (χ1v) is 7.08. The van der Waals surface area contributed by atoms with Gasteiger partial charge in [-0.2, -0.15) is 0 Å². The summed E-state index contributed by atoms with van der Waals surface area (Å²) in [5, 5.41) is 0.739. The van der Waals surface area contributed by atoms with Crippen LogP contribution >= 0.6 is 11.3 Å². The molecule has 0 saturated heterocycles. The first-order chi connectivity index (χ1) is 10.0. The lowest BCUT2D eigenvalue weighted by atomic mass is 10.2. The predicted molar refractivity (Wildman–Crippen MR) is 79.8 cm³/mol. The first kappa shape index (κ1) is 15.2. The Bertz CT molecular complexity index is 661. The lowest BCUT2D eigenvalue weighted by Crippen LogP contribution is -2.09. The zero-order chi connectivity index (χ0) is 15.4. The summed E-state index contributed by atoms with van der Waals surface area (Å²) >= 11 is 1.28. The van der Waals surface area contributed by atoms with Crippen molar-refractivity contribution in [3.05, 3.63) is 34.8 Å². The Morgan fingerprint density at radius 2 is 1.86 bits per heavy atom. The van der Waals surface area contributed by atoms with Crippen LogP contribution in [-0.2, 0) is 9.53 Å². The molecule has 0 aliphatic heterocycles. The molecule has 2 rings (SSSR count). The van der Waals surface area contributed by atoms with Gasteiger partial charge in [-0.05, 0) is 31.2 Å². The number of rotatable bonds is 5. The van der Waals surface area contributed by atoms with Crippen LogP contribution in [0.1, 0.15) is 21.8 Å². The lowest BCUT2D eigenvalue weighted by molar-refractivity contribution is -0.139. The molecule has 0 atom stereocenters. The van der Waals surface area contributed by atoms with Crippen molar-refractivity contribution in [3.63, 3.8) is 0 Å². The maximum absolute atomic E-state index is 12.0. The summed E-state index contributed by atoms with van der Waals surface area (Å²) in [6, 6.07) is 7.43. The van der Waals surface area contributed by atoms with Crippen molar-refractivity contribution >= 4 is 23.1 Å². The number of esters is 1. The largest absolute Gasteiger partial charge is 0.497 e. The van der Waals surface area contributed by atoms with E-state index in [1.54, 1.807) is 14.0 Å². The Hall–Kier alpha value is -2.21. The first-order valence-electron chi connectivity index (χ1n) is 6.27. The molecule has 1 heterocycles. The number of ketones is 1. The lowest BCUT2D eigenvalue weighted by Gasteiger charge is -2.00. The van der Waals surface area contributed by atoms with E-state index in [2.05, 4.69) is 9.72 Å². The van der Waals surface area contributed by atoms with Crippen LogP contribution in [0.2, 0.25) is 0 Å². The average Bonchev–Trinajstić information content (AvgIpc) is 2.89. The van der Waals surface area contributed by atoms with E-state index in [1.807, 2.05) is 24.3 Å². The van der Waals surface area contributed by atoms with E-state index < -0.39 is 5.97 Å². The molecule has 0 saturated carbocycles. The van der Waals surface area contributed by atoms with Gasteiger partial charge in [0.15, 0.2) is 5.78 Å². The third-order valence-electron chi connectivity index (χ3n) is 2.92. The van der Waals surface area contributed by atoms with E-state index in [0.29, 0.717) is 10.6 Å². The molecule has 0 N–H and O–H groups in total. The number of methoxy groups -OCH3 is 2. The van der Waals surface area contributed by atoms with Crippen LogP contribution in [-0.4, -0.2) is 31.0 Å². The summed E-state index contributed by atoms with van der Waals surface area (Å²) in [7, 11) is 2.87. The van der Waals surface area contributed by atoms with Crippen molar-refractivity contribution in [1.82, 2.24) is 4.98 Å². The standard InChI is InChI=1S/C15H15NO4S/c1-9-14(12(17)8-13(18)20-3)21-15(16-9)10-4-6-11(19-2)7-5-10/h4-7H,8H2,1-3H3. The molecule has 0 radical (unpaired) electrons. The van der Waals surface area contributed by atoms with Gasteiger partial charge in [0.2, 0.25) is 0 Å². The summed E-state index contributed by atoms with van der Waals surface area (Å²) < 4.78 is 9.62. The number of Topliss-reactive ketones (excluding diaryl/α,β-unsaturated/α-hetero) is 1. The fourth-order valence-electron chi connectivity index (χ4n) is 1.80. The number of benzene rings is 1. The second-order valence-electron chi connectivity index (χ2n) is 4.34. The van der Waals surface area contributed by atoms with Crippen LogP contribution in [0.25, 0.3) is 10.6 Å². The minimum atomic E-state index is -0.543. The smallest absolute Gasteiger partial charge is 0.313 e. The fraction of sp³-hybridized carbons (Fsp3) is 0.267. The van der Waals surface area contributed by atoms with E-state index in [-0.39, 0.29) is 12.2 Å². The van der Waals surface area contributed by atoms with E-state index in [4.69, 9.17) is 4.74 Å². The molecular formula is C15H15NO4S. The number of carbonyl (C=O) groups excluding carboxylic acids is 2. The summed E-state index contributed by atoms with van der Waals surface area (Å²) in [5.74, 6) is -0.0515. The quantitative estimate of drug-likeness (QED) is 0.483. The number of ether oxygens (including phenoxy) is 2. The van der Waals surface area contributed by atoms with Crippen molar-refractivity contribution in [2.75, 3.05) is 14.2 Å². The summed E-state index contributed by atoms with van der Waals surface area (Å²) in [4.78, 5) is 28.1. The average molecular weight is 305 g/mol. The number of hydrogen-bond acceptors (Lipinski definition) is 6. The van der Waals surface area contributed by atoms with E-state index >= 15 is 0 Å². The molecule has 110 valence electrons. The summed E-state index contributed by atoms with van der Waals surface area (Å²) in [5.41, 5.74) is 1.53. The minimum absolute atomic E-state index is 0.262. The van der Waals surface area contributed by atoms with Gasteiger partial charge in [-0.3, -0.25) is 9.59 Å². The summed E-state index contributed by atoms with van der Waals surface area (Å²) in [6.45, 7) is 1.76. The molecule has 21 heavy (non-hydrogen) atoms. The fourth-order valence-corrected chi connectivity index (χ4v) is 2.80. The predicted octanol–water partition coefficient (Wildman–Crippen LogP) is 2.87. The van der Waals surface area contributed by atoms with Crippen molar-refractivity contribution in [1.29, 1.82) is 0 Å². The normalized spacial score (nSPS) is 10.2. The zero-order valence-corrected chi connectivity index (χ0v) is 12.8. The molecule has 1 aromatic heterocycles. The van der Waals surface area contributed by atoms with Crippen LogP contribution in [0.5, 0.6) is 5.75 Å². The SMILES string of the molecule is COC(=O)CC(=O)c1sc(-c2ccc(OC)cc2)nc1C. The van der Waals surface area contributed by atoms with Crippen LogP contribution in [0, 0.1) is 6.92 Å². The third kappa shape index (κ3) is 3.46. The van der Waals surface area contributed by atoms with Gasteiger partial charge in [-0.1, -0.05) is 0 Å². The Kier molecular flexibility index (Phi) is 4.70. The van der Waals surface area contributed by atoms with Gasteiger partial charge in [0.05, 0.1) is 24.8 Å². The molecule has 2 aromatic rings. The van der Waals surface area contributed by atoms with Crippen molar-refractivity contribution < 1.29 is 19.1 Å². The minimum Gasteiger partial charge on any atom is -0.497 e. The molecule has 0 amide bonds. The third-order valence-corrected chi connectivity index (χ3v) is 4.17. The number of nitrogens with zero attached hydrogens (tertiary/aromatic N) is 1. The van der Waals surface area contributed by atoms with Gasteiger partial charge < -0.3 is 9.47 Å².